The lowest BCUT2D eigenvalue weighted by Crippen LogP contribution is -2.34. The number of amides is 1. The second kappa shape index (κ2) is 4.38. The Hall–Kier alpha value is -0.940. The average molecular weight is 302 g/mol. The molecule has 1 atom stereocenters. The van der Waals surface area contributed by atoms with Gasteiger partial charge in [0, 0.05) is 13.1 Å². The van der Waals surface area contributed by atoms with E-state index < -0.39 is 11.4 Å². The van der Waals surface area contributed by atoms with Gasteiger partial charge in [0.2, 0.25) is 0 Å². The molecule has 1 amide bonds. The molecule has 0 saturated carbocycles. The summed E-state index contributed by atoms with van der Waals surface area (Å²) in [6.07, 6.45) is 0.522. The molecule has 1 aliphatic heterocycles. The number of hydrogen-bond acceptors (Lipinski definition) is 2. The molecule has 1 fully saturated rings. The molecule has 1 unspecified atom stereocenters. The second-order valence-corrected chi connectivity index (χ2v) is 5.43. The second-order valence-electron chi connectivity index (χ2n) is 4.58. The van der Waals surface area contributed by atoms with Crippen molar-refractivity contribution in [1.82, 2.24) is 4.90 Å². The fourth-order valence-corrected chi connectivity index (χ4v) is 2.32. The van der Waals surface area contributed by atoms with Crippen molar-refractivity contribution in [2.24, 2.45) is 0 Å². The zero-order chi connectivity index (χ0) is 12.6. The van der Waals surface area contributed by atoms with Gasteiger partial charge in [0.15, 0.2) is 0 Å². The molecule has 0 spiro atoms. The van der Waals surface area contributed by atoms with Crippen LogP contribution in [0.4, 0.5) is 4.39 Å². The predicted molar refractivity (Wildman–Crippen MR) is 65.2 cm³/mol. The lowest BCUT2D eigenvalue weighted by Gasteiger charge is -2.19. The summed E-state index contributed by atoms with van der Waals surface area (Å²) in [7, 11) is 0. The van der Waals surface area contributed by atoms with Crippen molar-refractivity contribution in [2.45, 2.75) is 18.9 Å². The van der Waals surface area contributed by atoms with Gasteiger partial charge in [-0.3, -0.25) is 4.79 Å². The monoisotopic (exact) mass is 301 g/mol. The summed E-state index contributed by atoms with van der Waals surface area (Å²) in [5, 5.41) is 9.79. The van der Waals surface area contributed by atoms with Gasteiger partial charge >= 0.3 is 0 Å². The van der Waals surface area contributed by atoms with Crippen LogP contribution in [0.25, 0.3) is 0 Å². The van der Waals surface area contributed by atoms with Crippen LogP contribution in [0.5, 0.6) is 0 Å². The number of nitrogens with zero attached hydrogens (tertiary/aromatic N) is 1. The van der Waals surface area contributed by atoms with Crippen molar-refractivity contribution < 1.29 is 14.3 Å². The van der Waals surface area contributed by atoms with E-state index in [-0.39, 0.29) is 22.5 Å². The number of carbonyl (C=O) groups is 1. The van der Waals surface area contributed by atoms with Crippen LogP contribution in [0.15, 0.2) is 22.7 Å². The highest BCUT2D eigenvalue weighted by Gasteiger charge is 2.35. The molecule has 0 aromatic heterocycles. The van der Waals surface area contributed by atoms with E-state index in [4.69, 9.17) is 0 Å². The van der Waals surface area contributed by atoms with Crippen LogP contribution in [0, 0.1) is 5.82 Å². The maximum Gasteiger partial charge on any atom is 0.256 e. The minimum absolute atomic E-state index is 0.0390. The van der Waals surface area contributed by atoms with Gasteiger partial charge in [-0.25, -0.2) is 4.39 Å². The molecule has 2 rings (SSSR count). The first kappa shape index (κ1) is 12.5. The third-order valence-corrected chi connectivity index (χ3v) is 3.53. The van der Waals surface area contributed by atoms with Crippen molar-refractivity contribution in [3.63, 3.8) is 0 Å². The summed E-state index contributed by atoms with van der Waals surface area (Å²) in [6, 6.07) is 4.62. The van der Waals surface area contributed by atoms with Gasteiger partial charge < -0.3 is 10.0 Å². The minimum Gasteiger partial charge on any atom is -0.388 e. The molecular weight excluding hydrogens is 289 g/mol. The Labute approximate surface area is 107 Å². The average Bonchev–Trinajstić information content (AvgIpc) is 2.62. The van der Waals surface area contributed by atoms with Crippen LogP contribution in [0.3, 0.4) is 0 Å². The molecular formula is C12H13BrFNO2. The molecule has 1 aromatic carbocycles. The van der Waals surface area contributed by atoms with Gasteiger partial charge in [-0.05, 0) is 41.4 Å². The van der Waals surface area contributed by atoms with E-state index >= 15 is 0 Å². The highest BCUT2D eigenvalue weighted by Crippen LogP contribution is 2.25. The fraction of sp³-hybridized carbons (Fsp3) is 0.417. The number of hydrogen-bond donors (Lipinski definition) is 1. The number of rotatable bonds is 1. The van der Waals surface area contributed by atoms with Crippen molar-refractivity contribution in [1.29, 1.82) is 0 Å². The first-order chi connectivity index (χ1) is 7.91. The van der Waals surface area contributed by atoms with Gasteiger partial charge in [0.05, 0.1) is 15.6 Å². The summed E-state index contributed by atoms with van der Waals surface area (Å²) >= 11 is 3.05. The summed E-state index contributed by atoms with van der Waals surface area (Å²) in [5.74, 6) is -0.925. The quantitative estimate of drug-likeness (QED) is 0.864. The van der Waals surface area contributed by atoms with Crippen LogP contribution < -0.4 is 0 Å². The summed E-state index contributed by atoms with van der Waals surface area (Å²) in [5.41, 5.74) is -0.824. The van der Waals surface area contributed by atoms with E-state index in [1.165, 1.54) is 11.0 Å². The van der Waals surface area contributed by atoms with Crippen molar-refractivity contribution in [3.05, 3.63) is 34.1 Å². The summed E-state index contributed by atoms with van der Waals surface area (Å²) in [6.45, 7) is 2.38. The van der Waals surface area contributed by atoms with Crippen LogP contribution in [0.2, 0.25) is 0 Å². The largest absolute Gasteiger partial charge is 0.388 e. The third-order valence-electron chi connectivity index (χ3n) is 2.92. The molecule has 5 heteroatoms. The number of aliphatic hydroxyl groups is 1. The van der Waals surface area contributed by atoms with Crippen LogP contribution >= 0.6 is 15.9 Å². The number of β-amino-alcohol motifs (C(OH)–C–C–N with tert-alkyl or cyclic N) is 1. The molecule has 3 nitrogen and oxygen atoms in total. The van der Waals surface area contributed by atoms with Crippen LogP contribution in [0.1, 0.15) is 23.7 Å². The molecule has 17 heavy (non-hydrogen) atoms. The number of halogens is 2. The first-order valence-corrected chi connectivity index (χ1v) is 6.16. The zero-order valence-electron chi connectivity index (χ0n) is 9.41. The summed E-state index contributed by atoms with van der Waals surface area (Å²) in [4.78, 5) is 13.5. The molecule has 1 aliphatic rings. The normalized spacial score (nSPS) is 24.1. The van der Waals surface area contributed by atoms with Crippen LogP contribution in [-0.4, -0.2) is 34.6 Å². The maximum absolute atomic E-state index is 13.7. The van der Waals surface area contributed by atoms with Gasteiger partial charge in [-0.15, -0.1) is 0 Å². The van der Waals surface area contributed by atoms with Crippen molar-refractivity contribution in [3.8, 4) is 0 Å². The number of benzene rings is 1. The lowest BCUT2D eigenvalue weighted by atomic mass is 10.1. The standard InChI is InChI=1S/C12H13BrFNO2/c1-12(17)5-6-15(7-12)11(16)8-3-2-4-9(13)10(8)14/h2-4,17H,5-7H2,1H3. The molecule has 1 aromatic rings. The topological polar surface area (TPSA) is 40.5 Å². The van der Waals surface area contributed by atoms with Gasteiger partial charge in [-0.2, -0.15) is 0 Å². The Kier molecular flexibility index (Phi) is 3.23. The van der Waals surface area contributed by atoms with Crippen LogP contribution in [-0.2, 0) is 0 Å². The maximum atomic E-state index is 13.7. The number of likely N-dealkylation sites (tertiary alicyclic amines) is 1. The van der Waals surface area contributed by atoms with Gasteiger partial charge in [0.1, 0.15) is 5.82 Å². The van der Waals surface area contributed by atoms with E-state index in [1.54, 1.807) is 19.1 Å². The molecule has 0 bridgehead atoms. The SMILES string of the molecule is CC1(O)CCN(C(=O)c2cccc(Br)c2F)C1. The number of carbonyl (C=O) groups excluding carboxylic acids is 1. The Morgan fingerprint density at radius 2 is 2.29 bits per heavy atom. The minimum atomic E-state index is -0.863. The highest BCUT2D eigenvalue weighted by atomic mass is 79.9. The van der Waals surface area contributed by atoms with E-state index in [0.717, 1.165) is 0 Å². The third kappa shape index (κ3) is 2.50. The van der Waals surface area contributed by atoms with Gasteiger partial charge in [-0.1, -0.05) is 6.07 Å². The fourth-order valence-electron chi connectivity index (χ4n) is 1.96. The summed E-state index contributed by atoms with van der Waals surface area (Å²) < 4.78 is 14.0. The molecule has 1 saturated heterocycles. The van der Waals surface area contributed by atoms with Crippen molar-refractivity contribution >= 4 is 21.8 Å². The Balaban J connectivity index is 2.24. The Morgan fingerprint density at radius 3 is 2.88 bits per heavy atom. The molecule has 0 radical (unpaired) electrons. The lowest BCUT2D eigenvalue weighted by molar-refractivity contribution is 0.0569. The molecule has 0 aliphatic carbocycles. The first-order valence-electron chi connectivity index (χ1n) is 5.36. The van der Waals surface area contributed by atoms with E-state index in [2.05, 4.69) is 15.9 Å². The highest BCUT2D eigenvalue weighted by molar-refractivity contribution is 9.10. The van der Waals surface area contributed by atoms with Gasteiger partial charge in [0.25, 0.3) is 5.91 Å². The molecule has 1 N–H and O–H groups in total. The molecule has 92 valence electrons. The predicted octanol–water partition coefficient (Wildman–Crippen LogP) is 2.19. The molecule has 1 heterocycles. The Bertz CT molecular complexity index is 462. The van der Waals surface area contributed by atoms with E-state index in [1.807, 2.05) is 0 Å². The zero-order valence-corrected chi connectivity index (χ0v) is 11.0. The smallest absolute Gasteiger partial charge is 0.256 e. The Morgan fingerprint density at radius 1 is 1.59 bits per heavy atom. The van der Waals surface area contributed by atoms with E-state index in [0.29, 0.717) is 13.0 Å². The van der Waals surface area contributed by atoms with Crippen molar-refractivity contribution in [2.75, 3.05) is 13.1 Å². The van der Waals surface area contributed by atoms with E-state index in [9.17, 15) is 14.3 Å².